The molecular formula is C19H23N3O3. The molecule has 0 bridgehead atoms. The summed E-state index contributed by atoms with van der Waals surface area (Å²) in [5.41, 5.74) is 0.777. The molecule has 132 valence electrons. The highest BCUT2D eigenvalue weighted by Crippen LogP contribution is 2.32. The Bertz CT molecular complexity index is 822. The second kappa shape index (κ2) is 6.72. The van der Waals surface area contributed by atoms with Crippen LogP contribution in [-0.4, -0.2) is 33.7 Å². The normalized spacial score (nSPS) is 16.5. The van der Waals surface area contributed by atoms with Crippen LogP contribution in [-0.2, 0) is 12.6 Å². The maximum atomic E-state index is 12.5. The van der Waals surface area contributed by atoms with Gasteiger partial charge < -0.3 is 19.9 Å². The van der Waals surface area contributed by atoms with E-state index in [0.29, 0.717) is 31.6 Å². The van der Waals surface area contributed by atoms with Crippen molar-refractivity contribution in [1.29, 1.82) is 0 Å². The molecule has 1 fully saturated rings. The van der Waals surface area contributed by atoms with Gasteiger partial charge in [-0.2, -0.15) is 0 Å². The zero-order valence-corrected chi connectivity index (χ0v) is 14.5. The van der Waals surface area contributed by atoms with Crippen molar-refractivity contribution in [2.75, 3.05) is 18.4 Å². The summed E-state index contributed by atoms with van der Waals surface area (Å²) >= 11 is 0. The van der Waals surface area contributed by atoms with Crippen molar-refractivity contribution in [2.24, 2.45) is 7.05 Å². The number of rotatable bonds is 2. The van der Waals surface area contributed by atoms with Crippen LogP contribution in [0.1, 0.15) is 24.0 Å². The van der Waals surface area contributed by atoms with Gasteiger partial charge >= 0.3 is 6.03 Å². The summed E-state index contributed by atoms with van der Waals surface area (Å²) in [4.78, 5) is 26.3. The number of nitrogens with one attached hydrogen (secondary N) is 1. The van der Waals surface area contributed by atoms with Gasteiger partial charge in [0.15, 0.2) is 0 Å². The van der Waals surface area contributed by atoms with Crippen molar-refractivity contribution in [3.63, 3.8) is 0 Å². The Morgan fingerprint density at radius 3 is 2.44 bits per heavy atom. The number of aryl methyl sites for hydroxylation is 2. The van der Waals surface area contributed by atoms with E-state index in [0.717, 1.165) is 11.1 Å². The lowest BCUT2D eigenvalue weighted by Gasteiger charge is -2.38. The minimum absolute atomic E-state index is 0.230. The molecule has 0 spiro atoms. The predicted octanol–water partition coefficient (Wildman–Crippen LogP) is 2.21. The number of pyridine rings is 1. The van der Waals surface area contributed by atoms with Gasteiger partial charge in [-0.15, -0.1) is 0 Å². The average molecular weight is 341 g/mol. The average Bonchev–Trinajstić information content (AvgIpc) is 2.63. The molecule has 6 nitrogen and oxygen atoms in total. The maximum Gasteiger partial charge on any atom is 0.322 e. The molecule has 0 aliphatic carbocycles. The number of urea groups is 1. The summed E-state index contributed by atoms with van der Waals surface area (Å²) in [6.45, 7) is 2.66. The van der Waals surface area contributed by atoms with Gasteiger partial charge in [0.1, 0.15) is 5.69 Å². The fraction of sp³-hybridized carbons (Fsp3) is 0.368. The zero-order chi connectivity index (χ0) is 18.0. The Hall–Kier alpha value is -2.60. The van der Waals surface area contributed by atoms with E-state index in [4.69, 9.17) is 0 Å². The van der Waals surface area contributed by atoms with Gasteiger partial charge in [-0.25, -0.2) is 4.79 Å². The van der Waals surface area contributed by atoms with Crippen LogP contribution < -0.4 is 10.9 Å². The molecule has 1 aromatic carbocycles. The fourth-order valence-corrected chi connectivity index (χ4v) is 3.17. The van der Waals surface area contributed by atoms with E-state index in [1.807, 2.05) is 30.3 Å². The first-order valence-electron chi connectivity index (χ1n) is 8.41. The van der Waals surface area contributed by atoms with Crippen LogP contribution in [0.3, 0.4) is 0 Å². The Morgan fingerprint density at radius 1 is 1.16 bits per heavy atom. The molecule has 0 unspecified atom stereocenters. The Morgan fingerprint density at radius 2 is 1.80 bits per heavy atom. The number of carbonyl (C=O) groups excluding carboxylic acids is 1. The first-order valence-corrected chi connectivity index (χ1v) is 8.41. The van der Waals surface area contributed by atoms with Crippen LogP contribution >= 0.6 is 0 Å². The van der Waals surface area contributed by atoms with E-state index >= 15 is 0 Å². The number of carbonyl (C=O) groups is 1. The molecule has 0 saturated carbocycles. The third-order valence-electron chi connectivity index (χ3n) is 4.90. The molecule has 0 radical (unpaired) electrons. The smallest absolute Gasteiger partial charge is 0.322 e. The zero-order valence-electron chi connectivity index (χ0n) is 14.5. The Labute approximate surface area is 146 Å². The van der Waals surface area contributed by atoms with Crippen molar-refractivity contribution >= 4 is 11.7 Å². The van der Waals surface area contributed by atoms with E-state index in [1.165, 1.54) is 4.57 Å². The molecule has 0 atom stereocenters. The summed E-state index contributed by atoms with van der Waals surface area (Å²) in [5.74, 6) is 0. The highest BCUT2D eigenvalue weighted by Gasteiger charge is 2.35. The van der Waals surface area contributed by atoms with Crippen LogP contribution in [0.4, 0.5) is 10.5 Å². The highest BCUT2D eigenvalue weighted by atomic mass is 16.3. The van der Waals surface area contributed by atoms with Gasteiger partial charge in [0.05, 0.1) is 5.60 Å². The predicted molar refractivity (Wildman–Crippen MR) is 96.6 cm³/mol. The minimum atomic E-state index is -0.906. The van der Waals surface area contributed by atoms with Crippen LogP contribution in [0.5, 0.6) is 0 Å². The van der Waals surface area contributed by atoms with Gasteiger partial charge in [0.2, 0.25) is 0 Å². The quantitative estimate of drug-likeness (QED) is 0.879. The monoisotopic (exact) mass is 341 g/mol. The summed E-state index contributed by atoms with van der Waals surface area (Å²) in [6.07, 6.45) is 2.61. The second-order valence-corrected chi connectivity index (χ2v) is 6.60. The number of amides is 2. The molecule has 3 rings (SSSR count). The molecule has 1 saturated heterocycles. The van der Waals surface area contributed by atoms with Crippen LogP contribution in [0, 0.1) is 6.92 Å². The van der Waals surface area contributed by atoms with Gasteiger partial charge in [-0.3, -0.25) is 4.79 Å². The molecule has 2 amide bonds. The van der Waals surface area contributed by atoms with Gasteiger partial charge in [0, 0.05) is 26.3 Å². The van der Waals surface area contributed by atoms with Gasteiger partial charge in [-0.1, -0.05) is 30.3 Å². The van der Waals surface area contributed by atoms with Crippen molar-refractivity contribution in [1.82, 2.24) is 9.47 Å². The number of aliphatic hydroxyl groups is 1. The van der Waals surface area contributed by atoms with E-state index in [-0.39, 0.29) is 11.6 Å². The van der Waals surface area contributed by atoms with E-state index in [9.17, 15) is 14.7 Å². The van der Waals surface area contributed by atoms with Gasteiger partial charge in [0.25, 0.3) is 5.56 Å². The lowest BCUT2D eigenvalue weighted by molar-refractivity contribution is -0.0157. The molecular weight excluding hydrogens is 318 g/mol. The van der Waals surface area contributed by atoms with Crippen molar-refractivity contribution in [2.45, 2.75) is 25.4 Å². The maximum absolute atomic E-state index is 12.5. The van der Waals surface area contributed by atoms with Crippen LogP contribution in [0.15, 0.2) is 47.4 Å². The number of nitrogens with zero attached hydrogens (tertiary/aromatic N) is 2. The van der Waals surface area contributed by atoms with Crippen LogP contribution in [0.2, 0.25) is 0 Å². The van der Waals surface area contributed by atoms with Crippen molar-refractivity contribution in [3.8, 4) is 0 Å². The molecule has 1 aliphatic heterocycles. The third kappa shape index (κ3) is 3.44. The molecule has 2 aromatic rings. The standard InChI is InChI=1S/C19H23N3O3/c1-14-8-11-21(2)17(23)16(14)20-18(24)22-12-9-19(25,10-13-22)15-6-4-3-5-7-15/h3-8,11,25H,9-10,12-13H2,1-2H3,(H,20,24). The number of anilines is 1. The molecule has 1 aromatic heterocycles. The number of piperidine rings is 1. The molecule has 25 heavy (non-hydrogen) atoms. The first-order chi connectivity index (χ1) is 11.9. The van der Waals surface area contributed by atoms with Gasteiger partial charge in [-0.05, 0) is 37.0 Å². The largest absolute Gasteiger partial charge is 0.385 e. The SMILES string of the molecule is Cc1ccn(C)c(=O)c1NC(=O)N1CCC(O)(c2ccccc2)CC1. The lowest BCUT2D eigenvalue weighted by Crippen LogP contribution is -2.47. The number of benzene rings is 1. The summed E-state index contributed by atoms with van der Waals surface area (Å²) < 4.78 is 1.44. The molecule has 6 heteroatoms. The topological polar surface area (TPSA) is 74.6 Å². The van der Waals surface area contributed by atoms with E-state index in [1.54, 1.807) is 31.1 Å². The molecule has 2 heterocycles. The lowest BCUT2D eigenvalue weighted by atomic mass is 9.84. The number of hydrogen-bond donors (Lipinski definition) is 2. The summed E-state index contributed by atoms with van der Waals surface area (Å²) in [7, 11) is 1.65. The third-order valence-corrected chi connectivity index (χ3v) is 4.90. The summed E-state index contributed by atoms with van der Waals surface area (Å²) in [5, 5.41) is 13.6. The summed E-state index contributed by atoms with van der Waals surface area (Å²) in [6, 6.07) is 11.0. The first kappa shape index (κ1) is 17.2. The number of hydrogen-bond acceptors (Lipinski definition) is 3. The van der Waals surface area contributed by atoms with Crippen LogP contribution in [0.25, 0.3) is 0 Å². The Kier molecular flexibility index (Phi) is 4.63. The Balaban J connectivity index is 1.69. The highest BCUT2D eigenvalue weighted by molar-refractivity contribution is 5.90. The molecule has 2 N–H and O–H groups in total. The second-order valence-electron chi connectivity index (χ2n) is 6.60. The van der Waals surface area contributed by atoms with E-state index in [2.05, 4.69) is 5.32 Å². The fourth-order valence-electron chi connectivity index (χ4n) is 3.17. The van der Waals surface area contributed by atoms with Crippen molar-refractivity contribution < 1.29 is 9.90 Å². The number of aromatic nitrogens is 1. The van der Waals surface area contributed by atoms with Crippen molar-refractivity contribution in [3.05, 3.63) is 64.1 Å². The van der Waals surface area contributed by atoms with E-state index < -0.39 is 5.60 Å². The molecule has 1 aliphatic rings. The number of likely N-dealkylation sites (tertiary alicyclic amines) is 1. The minimum Gasteiger partial charge on any atom is -0.385 e.